The van der Waals surface area contributed by atoms with Gasteiger partial charge in [-0.1, -0.05) is 36.4 Å². The number of benzene rings is 2. The van der Waals surface area contributed by atoms with Crippen LogP contribution in [0.5, 0.6) is 0 Å². The first kappa shape index (κ1) is 20.6. The fourth-order valence-corrected chi connectivity index (χ4v) is 4.84. The van der Waals surface area contributed by atoms with Gasteiger partial charge in [-0.3, -0.25) is 4.79 Å². The summed E-state index contributed by atoms with van der Waals surface area (Å²) in [4.78, 5) is 12.6. The molecule has 1 aliphatic carbocycles. The van der Waals surface area contributed by atoms with Crippen LogP contribution in [0.1, 0.15) is 48.9 Å². The summed E-state index contributed by atoms with van der Waals surface area (Å²) in [6.07, 6.45) is 4.25. The summed E-state index contributed by atoms with van der Waals surface area (Å²) in [5.41, 5.74) is 3.94. The number of sulfonamides is 1. The number of hydrogen-bond acceptors (Lipinski definition) is 3. The molecule has 0 saturated heterocycles. The van der Waals surface area contributed by atoms with Crippen LogP contribution in [0.25, 0.3) is 0 Å². The molecule has 0 spiro atoms. The molecule has 1 aliphatic rings. The maximum Gasteiger partial charge on any atom is 0.242 e. The van der Waals surface area contributed by atoms with Crippen LogP contribution in [0.4, 0.5) is 0 Å². The van der Waals surface area contributed by atoms with Crippen molar-refractivity contribution in [2.45, 2.75) is 50.0 Å². The topological polar surface area (TPSA) is 66.5 Å². The molecule has 0 aliphatic heterocycles. The minimum atomic E-state index is -3.51. The molecule has 1 amide bonds. The first-order valence-electron chi connectivity index (χ1n) is 9.80. The molecule has 150 valence electrons. The first-order chi connectivity index (χ1) is 13.4. The minimum Gasteiger partial charge on any atom is -0.350 e. The van der Waals surface area contributed by atoms with Crippen molar-refractivity contribution in [3.63, 3.8) is 0 Å². The van der Waals surface area contributed by atoms with Crippen LogP contribution in [-0.2, 0) is 27.7 Å². The molecular weight excluding hydrogens is 372 g/mol. The largest absolute Gasteiger partial charge is 0.350 e. The smallest absolute Gasteiger partial charge is 0.242 e. The molecule has 0 radical (unpaired) electrons. The number of nitrogens with one attached hydrogen (secondary N) is 1. The van der Waals surface area contributed by atoms with E-state index in [2.05, 4.69) is 23.5 Å². The Bertz CT molecular complexity index is 926. The molecule has 3 rings (SSSR count). The standard InChI is InChI=1S/C22H28N2O3S/c1-17(19-14-13-18-8-6-9-20(18)16-19)23-22(25)12-7-15-24(2)28(26,27)21-10-4-3-5-11-21/h3-5,10-11,13-14,16-17H,6-9,12,15H2,1-2H3,(H,23,25)/t17-/m1/s1. The average molecular weight is 401 g/mol. The molecule has 0 fully saturated rings. The number of nitrogens with zero attached hydrogens (tertiary/aromatic N) is 1. The highest BCUT2D eigenvalue weighted by Gasteiger charge is 2.20. The van der Waals surface area contributed by atoms with Crippen LogP contribution in [0.3, 0.4) is 0 Å². The lowest BCUT2D eigenvalue weighted by atomic mass is 10.0. The molecule has 0 unspecified atom stereocenters. The van der Waals surface area contributed by atoms with Crippen LogP contribution in [0, 0.1) is 0 Å². The predicted molar refractivity (Wildman–Crippen MR) is 111 cm³/mol. The second kappa shape index (κ2) is 8.88. The van der Waals surface area contributed by atoms with Gasteiger partial charge in [0.05, 0.1) is 10.9 Å². The van der Waals surface area contributed by atoms with Gasteiger partial charge in [-0.25, -0.2) is 12.7 Å². The molecule has 6 heteroatoms. The number of rotatable bonds is 8. The highest BCUT2D eigenvalue weighted by molar-refractivity contribution is 7.89. The molecule has 0 saturated carbocycles. The molecule has 1 N–H and O–H groups in total. The molecular formula is C22H28N2O3S. The summed E-state index contributed by atoms with van der Waals surface area (Å²) in [5.74, 6) is -0.0569. The van der Waals surface area contributed by atoms with Gasteiger partial charge in [-0.15, -0.1) is 0 Å². The Morgan fingerprint density at radius 1 is 1.11 bits per heavy atom. The van der Waals surface area contributed by atoms with Gasteiger partial charge in [0.15, 0.2) is 0 Å². The first-order valence-corrected chi connectivity index (χ1v) is 11.2. The molecule has 5 nitrogen and oxygen atoms in total. The maximum absolute atomic E-state index is 12.5. The third-order valence-electron chi connectivity index (χ3n) is 5.33. The third kappa shape index (κ3) is 4.80. The van der Waals surface area contributed by atoms with Crippen molar-refractivity contribution in [1.29, 1.82) is 0 Å². The molecule has 2 aromatic carbocycles. The van der Waals surface area contributed by atoms with E-state index in [1.165, 1.54) is 21.9 Å². The van der Waals surface area contributed by atoms with Crippen molar-refractivity contribution >= 4 is 15.9 Å². The number of carbonyl (C=O) groups is 1. The summed E-state index contributed by atoms with van der Waals surface area (Å²) < 4.78 is 26.3. The fraction of sp³-hybridized carbons (Fsp3) is 0.409. The van der Waals surface area contributed by atoms with E-state index in [4.69, 9.17) is 0 Å². The van der Waals surface area contributed by atoms with Gasteiger partial charge in [-0.2, -0.15) is 0 Å². The highest BCUT2D eigenvalue weighted by Crippen LogP contribution is 2.25. The number of fused-ring (bicyclic) bond motifs is 1. The zero-order valence-electron chi connectivity index (χ0n) is 16.5. The summed E-state index contributed by atoms with van der Waals surface area (Å²) in [6, 6.07) is 14.8. The highest BCUT2D eigenvalue weighted by atomic mass is 32.2. The SMILES string of the molecule is C[C@@H](NC(=O)CCCN(C)S(=O)(=O)c1ccccc1)c1ccc2c(c1)CCC2. The van der Waals surface area contributed by atoms with E-state index in [0.29, 0.717) is 19.4 Å². The summed E-state index contributed by atoms with van der Waals surface area (Å²) in [5, 5.41) is 3.02. The van der Waals surface area contributed by atoms with E-state index >= 15 is 0 Å². The zero-order valence-corrected chi connectivity index (χ0v) is 17.3. The Kier molecular flexibility index (Phi) is 6.52. The van der Waals surface area contributed by atoms with Gasteiger partial charge in [0.1, 0.15) is 0 Å². The van der Waals surface area contributed by atoms with E-state index in [1.54, 1.807) is 37.4 Å². The fourth-order valence-electron chi connectivity index (χ4n) is 3.61. The number of amides is 1. The molecule has 2 aromatic rings. The van der Waals surface area contributed by atoms with Gasteiger partial charge in [-0.05, 0) is 61.4 Å². The van der Waals surface area contributed by atoms with Gasteiger partial charge in [0, 0.05) is 20.0 Å². The van der Waals surface area contributed by atoms with Crippen molar-refractivity contribution in [3.05, 3.63) is 65.2 Å². The summed E-state index contributed by atoms with van der Waals surface area (Å²) in [7, 11) is -1.96. The van der Waals surface area contributed by atoms with Gasteiger partial charge in [0.25, 0.3) is 0 Å². The Balaban J connectivity index is 1.48. The zero-order chi connectivity index (χ0) is 20.1. The lowest BCUT2D eigenvalue weighted by Crippen LogP contribution is -2.30. The molecule has 28 heavy (non-hydrogen) atoms. The number of hydrogen-bond donors (Lipinski definition) is 1. The van der Waals surface area contributed by atoms with E-state index in [9.17, 15) is 13.2 Å². The quantitative estimate of drug-likeness (QED) is 0.738. The summed E-state index contributed by atoms with van der Waals surface area (Å²) in [6.45, 7) is 2.29. The predicted octanol–water partition coefficient (Wildman–Crippen LogP) is 3.45. The van der Waals surface area contributed by atoms with Crippen LogP contribution >= 0.6 is 0 Å². The Hall–Kier alpha value is -2.18. The number of carbonyl (C=O) groups excluding carboxylic acids is 1. The summed E-state index contributed by atoms with van der Waals surface area (Å²) >= 11 is 0. The van der Waals surface area contributed by atoms with E-state index in [-0.39, 0.29) is 16.8 Å². The van der Waals surface area contributed by atoms with Crippen molar-refractivity contribution in [1.82, 2.24) is 9.62 Å². The van der Waals surface area contributed by atoms with Crippen molar-refractivity contribution < 1.29 is 13.2 Å². The Labute approximate surface area is 167 Å². The second-order valence-electron chi connectivity index (χ2n) is 7.41. The van der Waals surface area contributed by atoms with Crippen LogP contribution in [0.2, 0.25) is 0 Å². The second-order valence-corrected chi connectivity index (χ2v) is 9.46. The van der Waals surface area contributed by atoms with Crippen molar-refractivity contribution in [3.8, 4) is 0 Å². The average Bonchev–Trinajstić information content (AvgIpc) is 3.16. The van der Waals surface area contributed by atoms with E-state index in [1.807, 2.05) is 6.92 Å². The third-order valence-corrected chi connectivity index (χ3v) is 7.20. The van der Waals surface area contributed by atoms with Crippen LogP contribution < -0.4 is 5.32 Å². The van der Waals surface area contributed by atoms with Gasteiger partial charge >= 0.3 is 0 Å². The molecule has 1 atom stereocenters. The van der Waals surface area contributed by atoms with Gasteiger partial charge in [0.2, 0.25) is 15.9 Å². The monoisotopic (exact) mass is 400 g/mol. The minimum absolute atomic E-state index is 0.0517. The van der Waals surface area contributed by atoms with Gasteiger partial charge < -0.3 is 5.32 Å². The lowest BCUT2D eigenvalue weighted by Gasteiger charge is -2.18. The van der Waals surface area contributed by atoms with Crippen LogP contribution in [0.15, 0.2) is 53.4 Å². The normalized spacial score (nSPS) is 14.7. The lowest BCUT2D eigenvalue weighted by molar-refractivity contribution is -0.121. The number of aryl methyl sites for hydroxylation is 2. The van der Waals surface area contributed by atoms with Crippen molar-refractivity contribution in [2.24, 2.45) is 0 Å². The van der Waals surface area contributed by atoms with Crippen molar-refractivity contribution in [2.75, 3.05) is 13.6 Å². The Morgan fingerprint density at radius 2 is 1.82 bits per heavy atom. The van der Waals surface area contributed by atoms with E-state index in [0.717, 1.165) is 18.4 Å². The maximum atomic E-state index is 12.5. The molecule has 0 aromatic heterocycles. The van der Waals surface area contributed by atoms with E-state index < -0.39 is 10.0 Å². The molecule has 0 heterocycles. The van der Waals surface area contributed by atoms with Crippen LogP contribution in [-0.4, -0.2) is 32.2 Å². The Morgan fingerprint density at radius 3 is 2.57 bits per heavy atom. The molecule has 0 bridgehead atoms.